The average Bonchev–Trinajstić information content (AvgIpc) is 3.03. The highest BCUT2D eigenvalue weighted by atomic mass is 32.2. The van der Waals surface area contributed by atoms with Crippen LogP contribution in [0.15, 0.2) is 58.7 Å². The van der Waals surface area contributed by atoms with Crippen molar-refractivity contribution in [2.24, 2.45) is 17.3 Å². The van der Waals surface area contributed by atoms with E-state index < -0.39 is 0 Å². The predicted molar refractivity (Wildman–Crippen MR) is 109 cm³/mol. The number of hydrogen-bond acceptors (Lipinski definition) is 5. The van der Waals surface area contributed by atoms with Crippen molar-refractivity contribution >= 4 is 22.8 Å². The largest absolute Gasteiger partial charge is 0.469 e. The van der Waals surface area contributed by atoms with Crippen molar-refractivity contribution in [1.82, 2.24) is 0 Å². The smallest absolute Gasteiger partial charge is 0.310 e. The van der Waals surface area contributed by atoms with Crippen molar-refractivity contribution < 1.29 is 18.7 Å². The number of hydrogen-bond donors (Lipinski definition) is 0. The fourth-order valence-corrected chi connectivity index (χ4v) is 4.75. The van der Waals surface area contributed by atoms with Crippen LogP contribution < -0.4 is 0 Å². The number of thioether (sulfide) groups is 1. The van der Waals surface area contributed by atoms with E-state index in [0.29, 0.717) is 6.42 Å². The highest BCUT2D eigenvalue weighted by molar-refractivity contribution is 8.14. The molecule has 0 bridgehead atoms. The number of carbonyl (C=O) groups excluding carboxylic acids is 2. The molecule has 1 saturated carbocycles. The molecule has 5 heteroatoms. The molecule has 1 aromatic heterocycles. The summed E-state index contributed by atoms with van der Waals surface area (Å²) in [6.45, 7) is 4.33. The zero-order valence-corrected chi connectivity index (χ0v) is 17.0. The highest BCUT2D eigenvalue weighted by Crippen LogP contribution is 2.60. The van der Waals surface area contributed by atoms with Crippen LogP contribution in [-0.2, 0) is 27.4 Å². The molecule has 2 heterocycles. The Morgan fingerprint density at radius 2 is 2.07 bits per heavy atom. The Hall–Kier alpha value is -2.27. The van der Waals surface area contributed by atoms with Crippen LogP contribution in [0.5, 0.6) is 0 Å². The summed E-state index contributed by atoms with van der Waals surface area (Å²) in [5.74, 6) is 1.39. The number of carbonyl (C=O) groups is 2. The van der Waals surface area contributed by atoms with Gasteiger partial charge < -0.3 is 9.15 Å². The van der Waals surface area contributed by atoms with Crippen LogP contribution in [0.1, 0.15) is 37.2 Å². The number of furan rings is 1. The third-order valence-corrected chi connectivity index (χ3v) is 6.66. The summed E-state index contributed by atoms with van der Waals surface area (Å²) in [7, 11) is 0. The number of ether oxygens (including phenoxy) is 1. The van der Waals surface area contributed by atoms with Crippen molar-refractivity contribution in [3.63, 3.8) is 0 Å². The summed E-state index contributed by atoms with van der Waals surface area (Å²) in [5, 5.41) is 0.152. The van der Waals surface area contributed by atoms with Gasteiger partial charge in [0.1, 0.15) is 12.4 Å². The number of allylic oxidation sites excluding steroid dienone is 1. The predicted octanol–water partition coefficient (Wildman–Crippen LogP) is 4.78. The lowest BCUT2D eigenvalue weighted by molar-refractivity contribution is -0.147. The lowest BCUT2D eigenvalue weighted by atomic mass is 10.1. The van der Waals surface area contributed by atoms with Gasteiger partial charge in [0.2, 0.25) is 5.12 Å². The summed E-state index contributed by atoms with van der Waals surface area (Å²) in [4.78, 5) is 24.4. The molecule has 0 amide bonds. The molecule has 0 N–H and O–H groups in total. The van der Waals surface area contributed by atoms with E-state index in [9.17, 15) is 9.59 Å². The summed E-state index contributed by atoms with van der Waals surface area (Å²) >= 11 is 1.36. The van der Waals surface area contributed by atoms with Crippen molar-refractivity contribution in [3.05, 3.63) is 71.2 Å². The Kier molecular flexibility index (Phi) is 5.19. The summed E-state index contributed by atoms with van der Waals surface area (Å²) in [6.07, 6.45) is 5.17. The van der Waals surface area contributed by atoms with Gasteiger partial charge in [0.05, 0.1) is 12.2 Å². The molecular weight excluding hydrogens is 372 g/mol. The van der Waals surface area contributed by atoms with Crippen molar-refractivity contribution in [3.8, 4) is 0 Å². The summed E-state index contributed by atoms with van der Waals surface area (Å²) < 4.78 is 11.2. The standard InChI is InChI=1S/C23H24O4S/c1-23(2)19(12-17-8-9-28-22(17)25)20(23)21(24)27-14-16-11-18(26-13-16)10-15-6-4-3-5-7-15/h3-7,11-13,19-20H,8-10,14H2,1-2H3/b17-12+. The van der Waals surface area contributed by atoms with Gasteiger partial charge >= 0.3 is 5.97 Å². The Morgan fingerprint density at radius 3 is 2.79 bits per heavy atom. The SMILES string of the molecule is CC1(C)C(/C=C2\CCSC2=O)C1C(=O)OCc1coc(Cc2ccccc2)c1. The second-order valence-electron chi connectivity index (χ2n) is 8.09. The summed E-state index contributed by atoms with van der Waals surface area (Å²) in [6, 6.07) is 12.0. The molecule has 1 aliphatic heterocycles. The molecule has 2 aliphatic rings. The molecule has 146 valence electrons. The van der Waals surface area contributed by atoms with Crippen molar-refractivity contribution in [2.45, 2.75) is 33.3 Å². The first-order valence-electron chi connectivity index (χ1n) is 9.60. The molecule has 0 spiro atoms. The Labute approximate surface area is 169 Å². The maximum Gasteiger partial charge on any atom is 0.310 e. The third-order valence-electron chi connectivity index (χ3n) is 5.72. The monoisotopic (exact) mass is 396 g/mol. The first-order chi connectivity index (χ1) is 13.4. The van der Waals surface area contributed by atoms with E-state index in [1.54, 1.807) is 6.26 Å². The Bertz CT molecular complexity index is 910. The van der Waals surface area contributed by atoms with Gasteiger partial charge in [0, 0.05) is 23.3 Å². The first kappa shape index (κ1) is 19.1. The minimum atomic E-state index is -0.198. The van der Waals surface area contributed by atoms with Gasteiger partial charge in [-0.15, -0.1) is 0 Å². The van der Waals surface area contributed by atoms with E-state index in [0.717, 1.165) is 29.1 Å². The fraction of sp³-hybridized carbons (Fsp3) is 0.391. The van der Waals surface area contributed by atoms with Crippen LogP contribution in [0, 0.1) is 17.3 Å². The lowest BCUT2D eigenvalue weighted by Crippen LogP contribution is -2.10. The molecule has 1 aromatic carbocycles. The molecule has 2 fully saturated rings. The molecule has 4 rings (SSSR count). The molecule has 4 nitrogen and oxygen atoms in total. The van der Waals surface area contributed by atoms with Crippen LogP contribution >= 0.6 is 11.8 Å². The van der Waals surface area contributed by atoms with Crippen LogP contribution in [0.2, 0.25) is 0 Å². The van der Waals surface area contributed by atoms with Gasteiger partial charge in [-0.3, -0.25) is 9.59 Å². The third kappa shape index (κ3) is 3.95. The van der Waals surface area contributed by atoms with Crippen LogP contribution in [0.25, 0.3) is 0 Å². The van der Waals surface area contributed by atoms with E-state index >= 15 is 0 Å². The van der Waals surface area contributed by atoms with Gasteiger partial charge in [-0.05, 0) is 29.4 Å². The molecule has 2 atom stereocenters. The molecular formula is C23H24O4S. The fourth-order valence-electron chi connectivity index (χ4n) is 3.89. The van der Waals surface area contributed by atoms with Gasteiger partial charge in [-0.25, -0.2) is 0 Å². The van der Waals surface area contributed by atoms with E-state index in [-0.39, 0.29) is 34.9 Å². The zero-order chi connectivity index (χ0) is 19.7. The lowest BCUT2D eigenvalue weighted by Gasteiger charge is -2.03. The average molecular weight is 397 g/mol. The number of rotatable bonds is 6. The first-order valence-corrected chi connectivity index (χ1v) is 10.6. The van der Waals surface area contributed by atoms with Gasteiger partial charge in [0.25, 0.3) is 0 Å². The quantitative estimate of drug-likeness (QED) is 0.520. The second-order valence-corrected chi connectivity index (χ2v) is 9.16. The van der Waals surface area contributed by atoms with E-state index in [2.05, 4.69) is 26.0 Å². The zero-order valence-electron chi connectivity index (χ0n) is 16.1. The molecule has 1 aliphatic carbocycles. The van der Waals surface area contributed by atoms with Crippen molar-refractivity contribution in [2.75, 3.05) is 5.75 Å². The maximum absolute atomic E-state index is 12.6. The second kappa shape index (κ2) is 7.63. The normalized spacial score (nSPS) is 24.5. The Morgan fingerprint density at radius 1 is 1.29 bits per heavy atom. The van der Waals surface area contributed by atoms with Gasteiger partial charge in [-0.2, -0.15) is 0 Å². The molecule has 28 heavy (non-hydrogen) atoms. The van der Waals surface area contributed by atoms with E-state index in [1.165, 1.54) is 17.3 Å². The van der Waals surface area contributed by atoms with Gasteiger partial charge in [0.15, 0.2) is 0 Å². The van der Waals surface area contributed by atoms with Gasteiger partial charge in [-0.1, -0.05) is 62.0 Å². The van der Waals surface area contributed by atoms with Crippen LogP contribution in [0.3, 0.4) is 0 Å². The van der Waals surface area contributed by atoms with Crippen LogP contribution in [-0.4, -0.2) is 16.8 Å². The minimum absolute atomic E-state index is 0.0793. The number of benzene rings is 1. The van der Waals surface area contributed by atoms with E-state index in [1.807, 2.05) is 30.3 Å². The van der Waals surface area contributed by atoms with Crippen molar-refractivity contribution in [1.29, 1.82) is 0 Å². The molecule has 2 aromatic rings. The van der Waals surface area contributed by atoms with Crippen LogP contribution in [0.4, 0.5) is 0 Å². The summed E-state index contributed by atoms with van der Waals surface area (Å²) in [5.41, 5.74) is 2.73. The molecule has 2 unspecified atom stereocenters. The molecule has 1 saturated heterocycles. The highest BCUT2D eigenvalue weighted by Gasteiger charge is 2.61. The minimum Gasteiger partial charge on any atom is -0.469 e. The topological polar surface area (TPSA) is 56.5 Å². The maximum atomic E-state index is 12.6. The molecule has 0 radical (unpaired) electrons. The van der Waals surface area contributed by atoms with E-state index in [4.69, 9.17) is 9.15 Å². The number of esters is 1. The Balaban J connectivity index is 1.33.